The van der Waals surface area contributed by atoms with Gasteiger partial charge in [-0.3, -0.25) is 0 Å². The van der Waals surface area contributed by atoms with Gasteiger partial charge in [0.1, 0.15) is 11.5 Å². The number of hydrogen-bond donors (Lipinski definition) is 3. The summed E-state index contributed by atoms with van der Waals surface area (Å²) >= 11 is 0. The van der Waals surface area contributed by atoms with Crippen molar-refractivity contribution in [2.45, 2.75) is 19.4 Å². The Morgan fingerprint density at radius 1 is 1.21 bits per heavy atom. The van der Waals surface area contributed by atoms with Crippen LogP contribution in [0.3, 0.4) is 0 Å². The highest BCUT2D eigenvalue weighted by atomic mass is 16.3. The summed E-state index contributed by atoms with van der Waals surface area (Å²) in [6.07, 6.45) is 0.844. The van der Waals surface area contributed by atoms with Gasteiger partial charge in [-0.2, -0.15) is 0 Å². The molecule has 5 heteroatoms. The monoisotopic (exact) mass is 257 g/mol. The first kappa shape index (κ1) is 11.8. The highest BCUT2D eigenvalue weighted by molar-refractivity contribution is 5.75. The second-order valence-corrected chi connectivity index (χ2v) is 4.52. The van der Waals surface area contributed by atoms with Crippen LogP contribution in [-0.4, -0.2) is 9.97 Å². The van der Waals surface area contributed by atoms with Crippen LogP contribution in [0.1, 0.15) is 30.0 Å². The zero-order valence-corrected chi connectivity index (χ0v) is 10.6. The van der Waals surface area contributed by atoms with E-state index in [0.717, 1.165) is 34.5 Å². The average Bonchev–Trinajstić information content (AvgIpc) is 3.01. The zero-order chi connectivity index (χ0) is 13.4. The first-order valence-electron chi connectivity index (χ1n) is 6.23. The maximum atomic E-state index is 11.2. The molecule has 0 fully saturated rings. The molecule has 19 heavy (non-hydrogen) atoms. The summed E-state index contributed by atoms with van der Waals surface area (Å²) in [6.45, 7) is 2.03. The number of aromatic nitrogens is 2. The summed E-state index contributed by atoms with van der Waals surface area (Å²) in [4.78, 5) is 16.6. The Labute approximate surface area is 109 Å². The van der Waals surface area contributed by atoms with Gasteiger partial charge in [0.2, 0.25) is 0 Å². The normalized spacial score (nSPS) is 12.9. The Morgan fingerprint density at radius 3 is 2.74 bits per heavy atom. The molecule has 1 aromatic carbocycles. The Balaban J connectivity index is 2.00. The predicted octanol–water partition coefficient (Wildman–Crippen LogP) is 2.06. The number of imidazole rings is 1. The van der Waals surface area contributed by atoms with Crippen molar-refractivity contribution in [3.63, 3.8) is 0 Å². The van der Waals surface area contributed by atoms with Gasteiger partial charge < -0.3 is 20.1 Å². The molecule has 0 amide bonds. The highest BCUT2D eigenvalue weighted by Crippen LogP contribution is 2.23. The molecule has 0 aliphatic heterocycles. The standard InChI is InChI=1S/C14H15N3O2/c1-2-9-4-6-12(19-9)13(15)8-3-5-10-11(7-8)17-14(18)16-10/h3-7,13H,2,15H2,1H3,(H2,16,17,18). The Morgan fingerprint density at radius 2 is 2.00 bits per heavy atom. The van der Waals surface area contributed by atoms with E-state index in [0.29, 0.717) is 0 Å². The third kappa shape index (κ3) is 2.08. The maximum Gasteiger partial charge on any atom is 0.323 e. The number of H-pyrrole nitrogens is 2. The van der Waals surface area contributed by atoms with Crippen LogP contribution in [0, 0.1) is 0 Å². The molecule has 2 aromatic heterocycles. The molecule has 3 aromatic rings. The van der Waals surface area contributed by atoms with E-state index in [1.165, 1.54) is 0 Å². The van der Waals surface area contributed by atoms with Crippen LogP contribution in [0.4, 0.5) is 0 Å². The van der Waals surface area contributed by atoms with E-state index in [1.807, 2.05) is 37.3 Å². The molecule has 0 radical (unpaired) electrons. The number of furan rings is 1. The van der Waals surface area contributed by atoms with Crippen molar-refractivity contribution in [2.75, 3.05) is 0 Å². The van der Waals surface area contributed by atoms with Gasteiger partial charge in [0.05, 0.1) is 17.1 Å². The third-order valence-electron chi connectivity index (χ3n) is 3.24. The summed E-state index contributed by atoms with van der Waals surface area (Å²) in [7, 11) is 0. The highest BCUT2D eigenvalue weighted by Gasteiger charge is 2.14. The van der Waals surface area contributed by atoms with E-state index in [2.05, 4.69) is 9.97 Å². The van der Waals surface area contributed by atoms with Crippen LogP contribution >= 0.6 is 0 Å². The lowest BCUT2D eigenvalue weighted by Crippen LogP contribution is -2.10. The van der Waals surface area contributed by atoms with E-state index in [1.54, 1.807) is 0 Å². The molecule has 0 bridgehead atoms. The molecule has 1 atom stereocenters. The zero-order valence-electron chi connectivity index (χ0n) is 10.6. The fourth-order valence-corrected chi connectivity index (χ4v) is 2.16. The van der Waals surface area contributed by atoms with Gasteiger partial charge in [0.15, 0.2) is 0 Å². The minimum Gasteiger partial charge on any atom is -0.464 e. The molecule has 0 saturated carbocycles. The number of nitrogens with one attached hydrogen (secondary N) is 2. The molecule has 0 saturated heterocycles. The van der Waals surface area contributed by atoms with Crippen LogP contribution in [-0.2, 0) is 6.42 Å². The summed E-state index contributed by atoms with van der Waals surface area (Å²) in [5.41, 5.74) is 8.40. The number of nitrogens with two attached hydrogens (primary N) is 1. The SMILES string of the molecule is CCc1ccc(C(N)c2ccc3[nH]c(=O)[nH]c3c2)o1. The van der Waals surface area contributed by atoms with Crippen molar-refractivity contribution in [1.29, 1.82) is 0 Å². The minimum atomic E-state index is -0.330. The summed E-state index contributed by atoms with van der Waals surface area (Å²) in [6, 6.07) is 9.10. The van der Waals surface area contributed by atoms with Crippen molar-refractivity contribution < 1.29 is 4.42 Å². The predicted molar refractivity (Wildman–Crippen MR) is 73.0 cm³/mol. The summed E-state index contributed by atoms with van der Waals surface area (Å²) < 4.78 is 5.66. The van der Waals surface area contributed by atoms with Gasteiger partial charge in [-0.05, 0) is 29.8 Å². The van der Waals surface area contributed by atoms with Crippen molar-refractivity contribution in [2.24, 2.45) is 5.73 Å². The van der Waals surface area contributed by atoms with Gasteiger partial charge in [0, 0.05) is 6.42 Å². The molecular formula is C14H15N3O2. The lowest BCUT2D eigenvalue weighted by Gasteiger charge is -2.09. The first-order valence-corrected chi connectivity index (χ1v) is 6.23. The van der Waals surface area contributed by atoms with Crippen molar-refractivity contribution in [3.05, 3.63) is 57.9 Å². The Hall–Kier alpha value is -2.27. The maximum absolute atomic E-state index is 11.2. The summed E-state index contributed by atoms with van der Waals surface area (Å²) in [5.74, 6) is 1.65. The molecule has 1 unspecified atom stereocenters. The lowest BCUT2D eigenvalue weighted by atomic mass is 10.1. The largest absolute Gasteiger partial charge is 0.464 e. The second-order valence-electron chi connectivity index (χ2n) is 4.52. The minimum absolute atomic E-state index is 0.216. The fraction of sp³-hybridized carbons (Fsp3) is 0.214. The van der Waals surface area contributed by atoms with E-state index in [-0.39, 0.29) is 11.7 Å². The molecule has 0 aliphatic rings. The molecular weight excluding hydrogens is 242 g/mol. The molecule has 5 nitrogen and oxygen atoms in total. The molecule has 2 heterocycles. The number of aryl methyl sites for hydroxylation is 1. The number of fused-ring (bicyclic) bond motifs is 1. The number of aromatic amines is 2. The number of hydrogen-bond acceptors (Lipinski definition) is 3. The second kappa shape index (κ2) is 4.44. The van der Waals surface area contributed by atoms with Crippen LogP contribution in [0.5, 0.6) is 0 Å². The van der Waals surface area contributed by atoms with Gasteiger partial charge in [-0.1, -0.05) is 13.0 Å². The average molecular weight is 257 g/mol. The van der Waals surface area contributed by atoms with Crippen molar-refractivity contribution in [1.82, 2.24) is 9.97 Å². The fourth-order valence-electron chi connectivity index (χ4n) is 2.16. The molecule has 0 spiro atoms. The lowest BCUT2D eigenvalue weighted by molar-refractivity contribution is 0.454. The van der Waals surface area contributed by atoms with Gasteiger partial charge in [0.25, 0.3) is 0 Å². The van der Waals surface area contributed by atoms with E-state index < -0.39 is 0 Å². The van der Waals surface area contributed by atoms with Gasteiger partial charge in [-0.15, -0.1) is 0 Å². The van der Waals surface area contributed by atoms with Crippen LogP contribution in [0.15, 0.2) is 39.5 Å². The van der Waals surface area contributed by atoms with Gasteiger partial charge in [-0.25, -0.2) is 4.79 Å². The Kier molecular flexibility index (Phi) is 2.76. The quantitative estimate of drug-likeness (QED) is 0.671. The van der Waals surface area contributed by atoms with E-state index in [4.69, 9.17) is 10.2 Å². The molecule has 0 aliphatic carbocycles. The number of benzene rings is 1. The van der Waals surface area contributed by atoms with Crippen molar-refractivity contribution in [3.8, 4) is 0 Å². The third-order valence-corrected chi connectivity index (χ3v) is 3.24. The van der Waals surface area contributed by atoms with Crippen LogP contribution in [0.25, 0.3) is 11.0 Å². The molecule has 4 N–H and O–H groups in total. The topological polar surface area (TPSA) is 87.8 Å². The number of rotatable bonds is 3. The van der Waals surface area contributed by atoms with Crippen LogP contribution in [0.2, 0.25) is 0 Å². The summed E-state index contributed by atoms with van der Waals surface area (Å²) in [5, 5.41) is 0. The van der Waals surface area contributed by atoms with E-state index in [9.17, 15) is 4.79 Å². The van der Waals surface area contributed by atoms with Gasteiger partial charge >= 0.3 is 5.69 Å². The molecule has 98 valence electrons. The Bertz CT molecular complexity index is 766. The van der Waals surface area contributed by atoms with Crippen LogP contribution < -0.4 is 11.4 Å². The smallest absolute Gasteiger partial charge is 0.323 e. The van der Waals surface area contributed by atoms with E-state index >= 15 is 0 Å². The molecule has 3 rings (SSSR count). The van der Waals surface area contributed by atoms with Crippen molar-refractivity contribution >= 4 is 11.0 Å². The first-order chi connectivity index (χ1) is 9.17.